The molecule has 2 aromatic rings. The molecule has 22 heavy (non-hydrogen) atoms. The van der Waals surface area contributed by atoms with E-state index in [0.717, 1.165) is 5.56 Å². The van der Waals surface area contributed by atoms with E-state index < -0.39 is 0 Å². The van der Waals surface area contributed by atoms with Gasteiger partial charge in [0.05, 0.1) is 25.5 Å². The van der Waals surface area contributed by atoms with E-state index in [9.17, 15) is 4.79 Å². The van der Waals surface area contributed by atoms with Gasteiger partial charge in [-0.15, -0.1) is 0 Å². The van der Waals surface area contributed by atoms with Gasteiger partial charge in [0.15, 0.2) is 0 Å². The van der Waals surface area contributed by atoms with E-state index in [1.165, 1.54) is 6.21 Å². The number of nitrogens with zero attached hydrogens (tertiary/aromatic N) is 1. The summed E-state index contributed by atoms with van der Waals surface area (Å²) in [5.74, 6) is 0.965. The Morgan fingerprint density at radius 3 is 2.45 bits per heavy atom. The van der Waals surface area contributed by atoms with Gasteiger partial charge >= 0.3 is 0 Å². The summed E-state index contributed by atoms with van der Waals surface area (Å²) in [5, 5.41) is 4.38. The molecule has 114 valence electrons. The third kappa shape index (κ3) is 3.99. The van der Waals surface area contributed by atoms with E-state index in [2.05, 4.69) is 10.5 Å². The number of nitrogens with one attached hydrogen (secondary N) is 1. The number of carbonyl (C=O) groups is 1. The quantitative estimate of drug-likeness (QED) is 0.680. The van der Waals surface area contributed by atoms with E-state index in [1.807, 2.05) is 0 Å². The highest BCUT2D eigenvalue weighted by Crippen LogP contribution is 2.24. The summed E-state index contributed by atoms with van der Waals surface area (Å²) < 4.78 is 10.1. The standard InChI is InChI=1S/C16H15ClN2O3/c1-21-13-6-4-12(5-7-13)16(20)19-18-10-11-3-8-15(22-2)14(17)9-11/h3-10H,1-2H3,(H,19,20). The number of benzene rings is 2. The molecule has 0 saturated heterocycles. The number of halogens is 1. The molecule has 0 radical (unpaired) electrons. The van der Waals surface area contributed by atoms with Crippen molar-refractivity contribution in [3.05, 3.63) is 58.6 Å². The molecule has 0 unspecified atom stereocenters. The number of amides is 1. The van der Waals surface area contributed by atoms with Crippen LogP contribution in [0.25, 0.3) is 0 Å². The lowest BCUT2D eigenvalue weighted by Crippen LogP contribution is -2.17. The molecule has 5 nitrogen and oxygen atoms in total. The van der Waals surface area contributed by atoms with Gasteiger partial charge in [0, 0.05) is 5.56 Å². The second-order valence-corrected chi connectivity index (χ2v) is 4.73. The van der Waals surface area contributed by atoms with Crippen LogP contribution in [0.2, 0.25) is 5.02 Å². The highest BCUT2D eigenvalue weighted by Gasteiger charge is 2.04. The SMILES string of the molecule is COc1ccc(C(=O)NN=Cc2ccc(OC)c(Cl)c2)cc1. The molecule has 6 heteroatoms. The minimum Gasteiger partial charge on any atom is -0.497 e. The van der Waals surface area contributed by atoms with Crippen LogP contribution in [-0.4, -0.2) is 26.3 Å². The molecule has 0 bridgehead atoms. The Balaban J connectivity index is 1.99. The molecular weight excluding hydrogens is 304 g/mol. The smallest absolute Gasteiger partial charge is 0.271 e. The van der Waals surface area contributed by atoms with Crippen LogP contribution in [0, 0.1) is 0 Å². The number of hydrogen-bond acceptors (Lipinski definition) is 4. The van der Waals surface area contributed by atoms with E-state index in [1.54, 1.807) is 56.7 Å². The number of carbonyl (C=O) groups excluding carboxylic acids is 1. The minimum atomic E-state index is -0.307. The van der Waals surface area contributed by atoms with Crippen molar-refractivity contribution in [2.24, 2.45) is 5.10 Å². The molecule has 0 aliphatic carbocycles. The fourth-order valence-electron chi connectivity index (χ4n) is 1.74. The van der Waals surface area contributed by atoms with Gasteiger partial charge in [-0.3, -0.25) is 4.79 Å². The second-order valence-electron chi connectivity index (χ2n) is 4.32. The Morgan fingerprint density at radius 2 is 1.86 bits per heavy atom. The highest BCUT2D eigenvalue weighted by atomic mass is 35.5. The van der Waals surface area contributed by atoms with Crippen molar-refractivity contribution >= 4 is 23.7 Å². The number of hydrazone groups is 1. The van der Waals surface area contributed by atoms with Crippen molar-refractivity contribution in [2.45, 2.75) is 0 Å². The zero-order chi connectivity index (χ0) is 15.9. The Labute approximate surface area is 133 Å². The predicted molar refractivity (Wildman–Crippen MR) is 86.1 cm³/mol. The van der Waals surface area contributed by atoms with Crippen LogP contribution in [0.4, 0.5) is 0 Å². The lowest BCUT2D eigenvalue weighted by Gasteiger charge is -2.03. The van der Waals surface area contributed by atoms with Crippen molar-refractivity contribution in [1.82, 2.24) is 5.43 Å². The molecule has 0 fully saturated rings. The van der Waals surface area contributed by atoms with Gasteiger partial charge in [-0.2, -0.15) is 5.10 Å². The van der Waals surface area contributed by atoms with Gasteiger partial charge < -0.3 is 9.47 Å². The molecule has 0 spiro atoms. The summed E-state index contributed by atoms with van der Waals surface area (Å²) in [6.45, 7) is 0. The molecule has 0 saturated carbocycles. The lowest BCUT2D eigenvalue weighted by molar-refractivity contribution is 0.0955. The van der Waals surface area contributed by atoms with E-state index in [4.69, 9.17) is 21.1 Å². The summed E-state index contributed by atoms with van der Waals surface area (Å²) in [4.78, 5) is 11.9. The molecule has 0 atom stereocenters. The fraction of sp³-hybridized carbons (Fsp3) is 0.125. The Hall–Kier alpha value is -2.53. The van der Waals surface area contributed by atoms with Crippen LogP contribution in [0.15, 0.2) is 47.6 Å². The van der Waals surface area contributed by atoms with E-state index >= 15 is 0 Å². The average molecular weight is 319 g/mol. The summed E-state index contributed by atoms with van der Waals surface area (Å²) in [5.41, 5.74) is 3.69. The topological polar surface area (TPSA) is 59.9 Å². The van der Waals surface area contributed by atoms with Crippen molar-refractivity contribution in [2.75, 3.05) is 14.2 Å². The number of rotatable bonds is 5. The third-order valence-corrected chi connectivity index (χ3v) is 3.20. The van der Waals surface area contributed by atoms with Crippen LogP contribution < -0.4 is 14.9 Å². The van der Waals surface area contributed by atoms with Crippen molar-refractivity contribution < 1.29 is 14.3 Å². The largest absolute Gasteiger partial charge is 0.497 e. The van der Waals surface area contributed by atoms with E-state index in [-0.39, 0.29) is 5.91 Å². The van der Waals surface area contributed by atoms with Gasteiger partial charge in [0.25, 0.3) is 5.91 Å². The van der Waals surface area contributed by atoms with Crippen molar-refractivity contribution in [1.29, 1.82) is 0 Å². The molecule has 2 aromatic carbocycles. The van der Waals surface area contributed by atoms with E-state index in [0.29, 0.717) is 22.1 Å². The molecule has 2 rings (SSSR count). The van der Waals surface area contributed by atoms with Crippen molar-refractivity contribution in [3.63, 3.8) is 0 Å². The second kappa shape index (κ2) is 7.47. The Morgan fingerprint density at radius 1 is 1.14 bits per heavy atom. The molecule has 1 N–H and O–H groups in total. The highest BCUT2D eigenvalue weighted by molar-refractivity contribution is 6.32. The van der Waals surface area contributed by atoms with Gasteiger partial charge in [-0.25, -0.2) is 5.43 Å². The molecule has 0 heterocycles. The Kier molecular flexibility index (Phi) is 5.38. The van der Waals surface area contributed by atoms with Crippen molar-refractivity contribution in [3.8, 4) is 11.5 Å². The maximum absolute atomic E-state index is 11.9. The predicted octanol–water partition coefficient (Wildman–Crippen LogP) is 3.12. The van der Waals surface area contributed by atoms with Crippen LogP contribution in [-0.2, 0) is 0 Å². The summed E-state index contributed by atoms with van der Waals surface area (Å²) in [7, 11) is 3.11. The van der Waals surface area contributed by atoms with Gasteiger partial charge in [-0.1, -0.05) is 11.6 Å². The first-order chi connectivity index (χ1) is 10.6. The molecule has 0 aromatic heterocycles. The third-order valence-electron chi connectivity index (χ3n) is 2.91. The van der Waals surface area contributed by atoms with Gasteiger partial charge in [-0.05, 0) is 48.0 Å². The number of ether oxygens (including phenoxy) is 2. The monoisotopic (exact) mass is 318 g/mol. The fourth-order valence-corrected chi connectivity index (χ4v) is 2.00. The maximum Gasteiger partial charge on any atom is 0.271 e. The first kappa shape index (κ1) is 15.9. The first-order valence-corrected chi connectivity index (χ1v) is 6.83. The summed E-state index contributed by atoms with van der Waals surface area (Å²) >= 11 is 6.01. The van der Waals surface area contributed by atoms with Crippen LogP contribution >= 0.6 is 11.6 Å². The zero-order valence-electron chi connectivity index (χ0n) is 12.2. The molecular formula is C16H15ClN2O3. The average Bonchev–Trinajstić information content (AvgIpc) is 2.55. The van der Waals surface area contributed by atoms with Crippen LogP contribution in [0.3, 0.4) is 0 Å². The molecule has 1 amide bonds. The lowest BCUT2D eigenvalue weighted by atomic mass is 10.2. The number of methoxy groups -OCH3 is 2. The summed E-state index contributed by atoms with van der Waals surface area (Å²) in [6.07, 6.45) is 1.51. The van der Waals surface area contributed by atoms with Gasteiger partial charge in [0.2, 0.25) is 0 Å². The molecule has 0 aliphatic rings. The normalized spacial score (nSPS) is 10.5. The first-order valence-electron chi connectivity index (χ1n) is 6.45. The number of hydrogen-bond donors (Lipinski definition) is 1. The summed E-state index contributed by atoms with van der Waals surface area (Å²) in [6, 6.07) is 12.0. The van der Waals surface area contributed by atoms with Gasteiger partial charge in [0.1, 0.15) is 11.5 Å². The van der Waals surface area contributed by atoms with Crippen LogP contribution in [0.1, 0.15) is 15.9 Å². The maximum atomic E-state index is 11.9. The minimum absolute atomic E-state index is 0.307. The molecule has 0 aliphatic heterocycles. The zero-order valence-corrected chi connectivity index (χ0v) is 12.9. The Bertz CT molecular complexity index is 684. The van der Waals surface area contributed by atoms with Crippen LogP contribution in [0.5, 0.6) is 11.5 Å².